The van der Waals surface area contributed by atoms with Gasteiger partial charge in [0.25, 0.3) is 11.6 Å². The highest BCUT2D eigenvalue weighted by atomic mass is 16.6. The first-order valence-electron chi connectivity index (χ1n) is 6.45. The number of hydrogen-bond acceptors (Lipinski definition) is 4. The number of benzene rings is 1. The number of anilines is 1. The van der Waals surface area contributed by atoms with Crippen LogP contribution in [0.4, 0.5) is 11.4 Å². The van der Waals surface area contributed by atoms with Crippen LogP contribution in [-0.2, 0) is 0 Å². The van der Waals surface area contributed by atoms with E-state index in [4.69, 9.17) is 5.73 Å². The van der Waals surface area contributed by atoms with E-state index in [1.54, 1.807) is 0 Å². The molecule has 0 saturated carbocycles. The van der Waals surface area contributed by atoms with Crippen LogP contribution in [0.15, 0.2) is 18.2 Å². The Labute approximate surface area is 118 Å². The van der Waals surface area contributed by atoms with Gasteiger partial charge in [-0.15, -0.1) is 0 Å². The Morgan fingerprint density at radius 2 is 2.05 bits per heavy atom. The number of hydrogen-bond donors (Lipinski definition) is 2. The average molecular weight is 279 g/mol. The van der Waals surface area contributed by atoms with Gasteiger partial charge < -0.3 is 11.1 Å². The number of carbonyl (C=O) groups is 1. The topological polar surface area (TPSA) is 98.3 Å². The molecule has 1 rings (SSSR count). The average Bonchev–Trinajstić information content (AvgIpc) is 2.34. The summed E-state index contributed by atoms with van der Waals surface area (Å²) in [6.07, 6.45) is 0. The van der Waals surface area contributed by atoms with Crippen molar-refractivity contribution in [2.24, 2.45) is 11.3 Å². The monoisotopic (exact) mass is 279 g/mol. The van der Waals surface area contributed by atoms with Gasteiger partial charge in [0.15, 0.2) is 0 Å². The minimum atomic E-state index is -0.548. The van der Waals surface area contributed by atoms with E-state index in [0.717, 1.165) is 0 Å². The van der Waals surface area contributed by atoms with Gasteiger partial charge >= 0.3 is 0 Å². The number of nitrogens with two attached hydrogens (primary N) is 1. The summed E-state index contributed by atoms with van der Waals surface area (Å²) in [7, 11) is 0. The molecule has 6 nitrogen and oxygen atoms in total. The van der Waals surface area contributed by atoms with Crippen LogP contribution in [0.1, 0.15) is 38.1 Å². The number of carbonyl (C=O) groups excluding carboxylic acids is 1. The van der Waals surface area contributed by atoms with E-state index in [2.05, 4.69) is 26.1 Å². The molecule has 1 amide bonds. The van der Waals surface area contributed by atoms with Crippen LogP contribution in [-0.4, -0.2) is 17.4 Å². The molecule has 0 aliphatic carbocycles. The molecule has 0 radical (unpaired) electrons. The third kappa shape index (κ3) is 3.94. The Morgan fingerprint density at radius 1 is 1.45 bits per heavy atom. The Hall–Kier alpha value is -2.11. The van der Waals surface area contributed by atoms with Crippen molar-refractivity contribution in [2.45, 2.75) is 27.7 Å². The molecule has 6 heteroatoms. The van der Waals surface area contributed by atoms with Crippen molar-refractivity contribution in [1.29, 1.82) is 0 Å². The first-order valence-corrected chi connectivity index (χ1v) is 6.45. The number of nitrogens with zero attached hydrogens (tertiary/aromatic N) is 1. The Kier molecular flexibility index (Phi) is 4.70. The maximum absolute atomic E-state index is 12.1. The number of nitro groups is 1. The zero-order chi connectivity index (χ0) is 15.5. The molecule has 3 N–H and O–H groups in total. The molecule has 1 aromatic carbocycles. The maximum atomic E-state index is 12.1. The molecule has 0 aliphatic rings. The van der Waals surface area contributed by atoms with Gasteiger partial charge in [0.05, 0.1) is 10.5 Å². The maximum Gasteiger partial charge on any atom is 0.270 e. The summed E-state index contributed by atoms with van der Waals surface area (Å²) in [5, 5.41) is 13.5. The molecule has 20 heavy (non-hydrogen) atoms. The van der Waals surface area contributed by atoms with E-state index in [1.165, 1.54) is 18.2 Å². The van der Waals surface area contributed by atoms with Crippen molar-refractivity contribution < 1.29 is 9.72 Å². The van der Waals surface area contributed by atoms with E-state index in [9.17, 15) is 14.9 Å². The van der Waals surface area contributed by atoms with E-state index in [0.29, 0.717) is 6.54 Å². The number of non-ortho nitro benzene ring substituents is 1. The van der Waals surface area contributed by atoms with Crippen molar-refractivity contribution in [3.8, 4) is 0 Å². The van der Waals surface area contributed by atoms with Crippen molar-refractivity contribution in [3.05, 3.63) is 33.9 Å². The molecular weight excluding hydrogens is 258 g/mol. The lowest BCUT2D eigenvalue weighted by molar-refractivity contribution is -0.384. The molecule has 0 spiro atoms. The number of nitrogen functional groups attached to an aromatic ring is 1. The largest absolute Gasteiger partial charge is 0.398 e. The quantitative estimate of drug-likeness (QED) is 0.502. The molecular formula is C14H21N3O3. The van der Waals surface area contributed by atoms with Crippen molar-refractivity contribution >= 4 is 17.3 Å². The van der Waals surface area contributed by atoms with Crippen molar-refractivity contribution in [2.75, 3.05) is 12.3 Å². The van der Waals surface area contributed by atoms with E-state index >= 15 is 0 Å². The minimum absolute atomic E-state index is 0.0709. The zero-order valence-electron chi connectivity index (χ0n) is 12.3. The van der Waals surface area contributed by atoms with E-state index in [1.807, 2.05) is 6.92 Å². The van der Waals surface area contributed by atoms with Crippen LogP contribution in [0.25, 0.3) is 0 Å². The van der Waals surface area contributed by atoms with Gasteiger partial charge in [0.1, 0.15) is 0 Å². The second-order valence-electron chi connectivity index (χ2n) is 6.01. The highest BCUT2D eigenvalue weighted by molar-refractivity contribution is 5.99. The normalized spacial score (nSPS) is 12.8. The number of rotatable bonds is 4. The lowest BCUT2D eigenvalue weighted by Crippen LogP contribution is -2.34. The van der Waals surface area contributed by atoms with E-state index < -0.39 is 4.92 Å². The van der Waals surface area contributed by atoms with E-state index in [-0.39, 0.29) is 34.2 Å². The van der Waals surface area contributed by atoms with Crippen LogP contribution in [0, 0.1) is 21.4 Å². The first kappa shape index (κ1) is 15.9. The van der Waals surface area contributed by atoms with Crippen LogP contribution in [0.5, 0.6) is 0 Å². The Bertz CT molecular complexity index is 521. The van der Waals surface area contributed by atoms with Crippen molar-refractivity contribution in [1.82, 2.24) is 5.32 Å². The molecule has 0 fully saturated rings. The summed E-state index contributed by atoms with van der Waals surface area (Å²) in [6.45, 7) is 8.80. The lowest BCUT2D eigenvalue weighted by atomic mass is 9.82. The molecule has 0 aliphatic heterocycles. The zero-order valence-corrected chi connectivity index (χ0v) is 12.3. The molecule has 0 saturated heterocycles. The first-order chi connectivity index (χ1) is 9.12. The number of nitrogens with one attached hydrogen (secondary N) is 1. The van der Waals surface area contributed by atoms with Gasteiger partial charge in [-0.1, -0.05) is 27.7 Å². The third-order valence-corrected chi connectivity index (χ3v) is 3.54. The summed E-state index contributed by atoms with van der Waals surface area (Å²) < 4.78 is 0. The van der Waals surface area contributed by atoms with Gasteiger partial charge in [0.2, 0.25) is 0 Å². The second-order valence-corrected chi connectivity index (χ2v) is 6.01. The summed E-state index contributed by atoms with van der Waals surface area (Å²) in [4.78, 5) is 22.2. The Balaban J connectivity index is 2.83. The van der Waals surface area contributed by atoms with Crippen molar-refractivity contribution in [3.63, 3.8) is 0 Å². The number of nitro benzene ring substituents is 1. The van der Waals surface area contributed by atoms with Crippen LogP contribution < -0.4 is 11.1 Å². The lowest BCUT2D eigenvalue weighted by Gasteiger charge is -2.27. The minimum Gasteiger partial charge on any atom is -0.398 e. The summed E-state index contributed by atoms with van der Waals surface area (Å²) in [5.74, 6) is -0.117. The number of amides is 1. The molecule has 1 unspecified atom stereocenters. The summed E-state index contributed by atoms with van der Waals surface area (Å²) in [5.41, 5.74) is 6.00. The standard InChI is InChI=1S/C14H21N3O3/c1-9(14(2,3)4)8-16-13(18)11-7-10(17(19)20)5-6-12(11)15/h5-7,9H,8,15H2,1-4H3,(H,16,18). The SMILES string of the molecule is CC(CNC(=O)c1cc([N+](=O)[O-])ccc1N)C(C)(C)C. The molecule has 0 aromatic heterocycles. The van der Waals surface area contributed by atoms with Gasteiger partial charge in [0, 0.05) is 24.4 Å². The predicted octanol–water partition coefficient (Wildman–Crippen LogP) is 2.59. The third-order valence-electron chi connectivity index (χ3n) is 3.54. The fraction of sp³-hybridized carbons (Fsp3) is 0.500. The van der Waals surface area contributed by atoms with Gasteiger partial charge in [-0.25, -0.2) is 0 Å². The summed E-state index contributed by atoms with van der Waals surface area (Å²) >= 11 is 0. The second kappa shape index (κ2) is 5.90. The highest BCUT2D eigenvalue weighted by Gasteiger charge is 2.21. The van der Waals surface area contributed by atoms with Crippen LogP contribution in [0.3, 0.4) is 0 Å². The molecule has 1 atom stereocenters. The smallest absolute Gasteiger partial charge is 0.270 e. The highest BCUT2D eigenvalue weighted by Crippen LogP contribution is 2.25. The van der Waals surface area contributed by atoms with Crippen LogP contribution in [0.2, 0.25) is 0 Å². The summed E-state index contributed by atoms with van der Waals surface area (Å²) in [6, 6.07) is 3.86. The van der Waals surface area contributed by atoms with Gasteiger partial charge in [-0.05, 0) is 17.4 Å². The fourth-order valence-corrected chi connectivity index (χ4v) is 1.50. The Morgan fingerprint density at radius 3 is 2.55 bits per heavy atom. The molecule has 0 heterocycles. The molecule has 1 aromatic rings. The fourth-order valence-electron chi connectivity index (χ4n) is 1.50. The predicted molar refractivity (Wildman–Crippen MR) is 78.5 cm³/mol. The van der Waals surface area contributed by atoms with Gasteiger partial charge in [-0.3, -0.25) is 14.9 Å². The van der Waals surface area contributed by atoms with Crippen LogP contribution >= 0.6 is 0 Å². The van der Waals surface area contributed by atoms with Gasteiger partial charge in [-0.2, -0.15) is 0 Å². The molecule has 110 valence electrons. The molecule has 0 bridgehead atoms.